The molecule has 3 rings (SSSR count). The van der Waals surface area contributed by atoms with Gasteiger partial charge in [-0.2, -0.15) is 0 Å². The number of pyridine rings is 1. The fraction of sp³-hybridized carbons (Fsp3) is 0.368. The van der Waals surface area contributed by atoms with Gasteiger partial charge >= 0.3 is 0 Å². The van der Waals surface area contributed by atoms with Gasteiger partial charge in [0.05, 0.1) is 12.1 Å². The molecule has 1 unspecified atom stereocenters. The van der Waals surface area contributed by atoms with Crippen LogP contribution in [0.2, 0.25) is 10.0 Å². The number of halogens is 3. The number of guanidine groups is 1. The lowest BCUT2D eigenvalue weighted by Crippen LogP contribution is -2.44. The molecule has 0 radical (unpaired) electrons. The van der Waals surface area contributed by atoms with E-state index < -0.39 is 0 Å². The van der Waals surface area contributed by atoms with Crippen molar-refractivity contribution in [1.82, 2.24) is 15.6 Å². The molecule has 0 saturated carbocycles. The van der Waals surface area contributed by atoms with E-state index in [0.29, 0.717) is 16.6 Å². The first-order chi connectivity index (χ1) is 13.1. The largest absolute Gasteiger partial charge is 0.496 e. The van der Waals surface area contributed by atoms with Crippen molar-refractivity contribution in [3.05, 3.63) is 52.1 Å². The summed E-state index contributed by atoms with van der Waals surface area (Å²) in [5.74, 6) is 2.32. The van der Waals surface area contributed by atoms with E-state index in [1.807, 2.05) is 24.3 Å². The van der Waals surface area contributed by atoms with Gasteiger partial charge in [-0.05, 0) is 30.7 Å². The van der Waals surface area contributed by atoms with Crippen molar-refractivity contribution in [2.75, 3.05) is 32.1 Å². The highest BCUT2D eigenvalue weighted by Gasteiger charge is 2.25. The van der Waals surface area contributed by atoms with Crippen LogP contribution in [0.1, 0.15) is 12.0 Å². The number of aromatic nitrogens is 1. The van der Waals surface area contributed by atoms with Crippen LogP contribution in [0.4, 0.5) is 5.82 Å². The highest BCUT2D eigenvalue weighted by atomic mass is 127. The molecule has 2 heterocycles. The van der Waals surface area contributed by atoms with E-state index in [2.05, 4.69) is 25.5 Å². The molecule has 1 saturated heterocycles. The Kier molecular flexibility index (Phi) is 8.91. The Labute approximate surface area is 192 Å². The summed E-state index contributed by atoms with van der Waals surface area (Å²) in [7, 11) is 3.40. The summed E-state index contributed by atoms with van der Waals surface area (Å²) in [6.07, 6.45) is 2.75. The van der Waals surface area contributed by atoms with Gasteiger partial charge in [-0.3, -0.25) is 4.99 Å². The van der Waals surface area contributed by atoms with Crippen molar-refractivity contribution in [2.24, 2.45) is 4.99 Å². The van der Waals surface area contributed by atoms with Gasteiger partial charge in [0.15, 0.2) is 5.96 Å². The van der Waals surface area contributed by atoms with Crippen LogP contribution in [-0.2, 0) is 6.54 Å². The zero-order valence-corrected chi connectivity index (χ0v) is 19.6. The molecule has 1 atom stereocenters. The van der Waals surface area contributed by atoms with Gasteiger partial charge in [0.2, 0.25) is 0 Å². The van der Waals surface area contributed by atoms with Crippen molar-refractivity contribution in [1.29, 1.82) is 0 Å². The summed E-state index contributed by atoms with van der Waals surface area (Å²) in [6.45, 7) is 2.31. The molecule has 0 aliphatic carbocycles. The number of hydrogen-bond acceptors (Lipinski definition) is 4. The maximum atomic E-state index is 6.26. The van der Waals surface area contributed by atoms with Gasteiger partial charge in [-0.25, -0.2) is 4.98 Å². The average molecular weight is 536 g/mol. The second-order valence-electron chi connectivity index (χ2n) is 6.27. The van der Waals surface area contributed by atoms with Crippen molar-refractivity contribution in [3.8, 4) is 5.75 Å². The predicted molar refractivity (Wildman–Crippen MR) is 127 cm³/mol. The number of nitrogens with one attached hydrogen (secondary N) is 2. The average Bonchev–Trinajstić information content (AvgIpc) is 3.14. The smallest absolute Gasteiger partial charge is 0.191 e. The number of benzene rings is 1. The Morgan fingerprint density at radius 2 is 2.18 bits per heavy atom. The molecule has 1 aliphatic heterocycles. The number of nitrogens with zero attached hydrogens (tertiary/aromatic N) is 3. The highest BCUT2D eigenvalue weighted by molar-refractivity contribution is 14.0. The third-order valence-corrected chi connectivity index (χ3v) is 5.02. The molecule has 28 heavy (non-hydrogen) atoms. The zero-order valence-electron chi connectivity index (χ0n) is 15.8. The van der Waals surface area contributed by atoms with Crippen LogP contribution in [0, 0.1) is 0 Å². The Morgan fingerprint density at radius 3 is 2.89 bits per heavy atom. The minimum Gasteiger partial charge on any atom is -0.496 e. The maximum absolute atomic E-state index is 6.26. The lowest BCUT2D eigenvalue weighted by Gasteiger charge is -2.20. The SMILES string of the molecule is CN=C(NCc1ccc(Cl)cc1OC)NC1CCN(c2ncccc2Cl)C1.I. The molecule has 1 fully saturated rings. The molecule has 2 aromatic rings. The first-order valence-corrected chi connectivity index (χ1v) is 9.51. The van der Waals surface area contributed by atoms with Crippen molar-refractivity contribution >= 4 is 59.0 Å². The number of methoxy groups -OCH3 is 1. The first kappa shape index (κ1) is 22.8. The fourth-order valence-electron chi connectivity index (χ4n) is 3.11. The number of anilines is 1. The van der Waals surface area contributed by atoms with E-state index in [1.54, 1.807) is 26.4 Å². The topological polar surface area (TPSA) is 61.8 Å². The molecule has 1 aliphatic rings. The maximum Gasteiger partial charge on any atom is 0.191 e. The Balaban J connectivity index is 0.00000280. The Hall–Kier alpha value is -1.45. The van der Waals surface area contributed by atoms with Crippen LogP contribution < -0.4 is 20.3 Å². The van der Waals surface area contributed by atoms with Gasteiger partial charge in [-0.15, -0.1) is 24.0 Å². The molecule has 1 aromatic heterocycles. The zero-order chi connectivity index (χ0) is 19.2. The molecule has 152 valence electrons. The summed E-state index contributed by atoms with van der Waals surface area (Å²) >= 11 is 12.3. The molecule has 0 amide bonds. The van der Waals surface area contributed by atoms with E-state index in [4.69, 9.17) is 27.9 Å². The summed E-state index contributed by atoms with van der Waals surface area (Å²) in [4.78, 5) is 10.9. The lowest BCUT2D eigenvalue weighted by molar-refractivity contribution is 0.409. The molecule has 6 nitrogen and oxygen atoms in total. The van der Waals surface area contributed by atoms with Gasteiger partial charge < -0.3 is 20.3 Å². The third-order valence-electron chi connectivity index (χ3n) is 4.49. The number of aliphatic imine (C=N–C) groups is 1. The summed E-state index contributed by atoms with van der Waals surface area (Å²) < 4.78 is 5.39. The standard InChI is InChI=1S/C19H23Cl2N5O.HI/c1-22-19(24-11-13-5-6-14(20)10-17(13)27-2)25-15-7-9-26(12-15)18-16(21)4-3-8-23-18;/h3-6,8,10,15H,7,9,11-12H2,1-2H3,(H2,22,24,25);1H. The van der Waals surface area contributed by atoms with Gasteiger partial charge in [0.1, 0.15) is 11.6 Å². The van der Waals surface area contributed by atoms with Crippen molar-refractivity contribution in [3.63, 3.8) is 0 Å². The number of rotatable bonds is 5. The number of ether oxygens (including phenoxy) is 1. The normalized spacial score (nSPS) is 16.5. The van der Waals surface area contributed by atoms with E-state index in [0.717, 1.165) is 42.6 Å². The molecular formula is C19H24Cl2IN5O. The Morgan fingerprint density at radius 1 is 1.36 bits per heavy atom. The van der Waals surface area contributed by atoms with E-state index in [9.17, 15) is 0 Å². The molecule has 2 N–H and O–H groups in total. The first-order valence-electron chi connectivity index (χ1n) is 8.75. The quantitative estimate of drug-likeness (QED) is 0.345. The molecule has 0 bridgehead atoms. The summed E-state index contributed by atoms with van der Waals surface area (Å²) in [6, 6.07) is 9.57. The third kappa shape index (κ3) is 5.78. The van der Waals surface area contributed by atoms with E-state index in [-0.39, 0.29) is 30.0 Å². The van der Waals surface area contributed by atoms with E-state index in [1.165, 1.54) is 0 Å². The highest BCUT2D eigenvalue weighted by Crippen LogP contribution is 2.26. The lowest BCUT2D eigenvalue weighted by atomic mass is 10.2. The van der Waals surface area contributed by atoms with Gasteiger partial charge in [-0.1, -0.05) is 29.3 Å². The second kappa shape index (κ2) is 10.9. The van der Waals surface area contributed by atoms with Crippen molar-refractivity contribution in [2.45, 2.75) is 19.0 Å². The fourth-order valence-corrected chi connectivity index (χ4v) is 3.52. The number of hydrogen-bond donors (Lipinski definition) is 2. The van der Waals surface area contributed by atoms with Crippen LogP contribution in [0.25, 0.3) is 0 Å². The minimum atomic E-state index is 0. The van der Waals surface area contributed by atoms with Gasteiger partial charge in [0.25, 0.3) is 0 Å². The molecule has 9 heteroatoms. The van der Waals surface area contributed by atoms with Crippen LogP contribution >= 0.6 is 47.2 Å². The van der Waals surface area contributed by atoms with E-state index >= 15 is 0 Å². The minimum absolute atomic E-state index is 0. The monoisotopic (exact) mass is 535 g/mol. The molecular weight excluding hydrogens is 512 g/mol. The molecule has 1 aromatic carbocycles. The van der Waals surface area contributed by atoms with Crippen LogP contribution in [-0.4, -0.2) is 44.2 Å². The Bertz CT molecular complexity index is 821. The second-order valence-corrected chi connectivity index (χ2v) is 7.11. The predicted octanol–water partition coefficient (Wildman–Crippen LogP) is 3.96. The summed E-state index contributed by atoms with van der Waals surface area (Å²) in [5, 5.41) is 8.12. The van der Waals surface area contributed by atoms with Crippen molar-refractivity contribution < 1.29 is 4.74 Å². The molecule has 0 spiro atoms. The van der Waals surface area contributed by atoms with Crippen LogP contribution in [0.5, 0.6) is 5.75 Å². The van der Waals surface area contributed by atoms with Gasteiger partial charge in [0, 0.05) is 49.5 Å². The van der Waals surface area contributed by atoms with Crippen LogP contribution in [0.3, 0.4) is 0 Å². The summed E-state index contributed by atoms with van der Waals surface area (Å²) in [5.41, 5.74) is 1.01. The van der Waals surface area contributed by atoms with Crippen LogP contribution in [0.15, 0.2) is 41.5 Å².